The van der Waals surface area contributed by atoms with Gasteiger partial charge in [-0.2, -0.15) is 4.31 Å². The summed E-state index contributed by atoms with van der Waals surface area (Å²) in [5.74, 6) is 0. The van der Waals surface area contributed by atoms with Crippen LogP contribution < -0.4 is 0 Å². The van der Waals surface area contributed by atoms with E-state index in [9.17, 15) is 16.8 Å². The van der Waals surface area contributed by atoms with Crippen LogP contribution in [-0.4, -0.2) is 44.6 Å². The number of sulfonamides is 2. The van der Waals surface area contributed by atoms with E-state index in [-0.39, 0.29) is 22.9 Å². The highest BCUT2D eigenvalue weighted by Crippen LogP contribution is 2.31. The summed E-state index contributed by atoms with van der Waals surface area (Å²) >= 11 is 0. The second-order valence-corrected chi connectivity index (χ2v) is 11.0. The number of nitrogens with zero attached hydrogens (tertiary/aromatic N) is 2. The number of benzene rings is 2. The van der Waals surface area contributed by atoms with Gasteiger partial charge in [-0.1, -0.05) is 41.5 Å². The Morgan fingerprint density at radius 2 is 1.24 bits per heavy atom. The highest BCUT2D eigenvalue weighted by atomic mass is 32.2. The van der Waals surface area contributed by atoms with Crippen LogP contribution in [0.3, 0.4) is 0 Å². The van der Waals surface area contributed by atoms with Gasteiger partial charge in [0.1, 0.15) is 0 Å². The summed E-state index contributed by atoms with van der Waals surface area (Å²) in [5.41, 5.74) is 2.39. The zero-order chi connectivity index (χ0) is 21.4. The number of hydrogen-bond donors (Lipinski definition) is 0. The molecule has 1 saturated heterocycles. The fourth-order valence-corrected chi connectivity index (χ4v) is 6.71. The summed E-state index contributed by atoms with van der Waals surface area (Å²) < 4.78 is 55.4. The third-order valence-electron chi connectivity index (χ3n) is 5.20. The number of rotatable bonds is 4. The van der Waals surface area contributed by atoms with Gasteiger partial charge >= 0.3 is 0 Å². The lowest BCUT2D eigenvalue weighted by Crippen LogP contribution is -2.53. The molecule has 0 aliphatic carbocycles. The molecule has 0 spiro atoms. The largest absolute Gasteiger partial charge is 0.268 e. The predicted molar refractivity (Wildman–Crippen MR) is 113 cm³/mol. The van der Waals surface area contributed by atoms with Crippen LogP contribution in [0.2, 0.25) is 0 Å². The lowest BCUT2D eigenvalue weighted by atomic mass is 10.2. The Bertz CT molecular complexity index is 1120. The molecule has 1 fully saturated rings. The highest BCUT2D eigenvalue weighted by molar-refractivity contribution is 7.89. The normalized spacial score (nSPS) is 20.2. The van der Waals surface area contributed by atoms with Crippen molar-refractivity contribution in [2.24, 2.45) is 0 Å². The van der Waals surface area contributed by atoms with E-state index in [2.05, 4.69) is 0 Å². The van der Waals surface area contributed by atoms with Crippen LogP contribution in [-0.2, 0) is 20.0 Å². The second-order valence-electron chi connectivity index (χ2n) is 7.21. The molecule has 1 aliphatic rings. The standard InChI is InChI=1S/C21H26N2O4S2/c1-5-21-18(4)22(28(24,25)19-10-6-16(2)7-11-19)14-15-23(21)29(26,27)20-12-8-17(3)9-13-20/h5-13,18H,14-15H2,1-4H3/b21-5-. The van der Waals surface area contributed by atoms with Crippen molar-refractivity contribution < 1.29 is 16.8 Å². The molecule has 3 rings (SSSR count). The smallest absolute Gasteiger partial charge is 0.264 e. The van der Waals surface area contributed by atoms with Crippen LogP contribution in [0.25, 0.3) is 0 Å². The summed E-state index contributed by atoms with van der Waals surface area (Å²) in [6.07, 6.45) is 1.67. The zero-order valence-corrected chi connectivity index (χ0v) is 18.7. The van der Waals surface area contributed by atoms with E-state index in [0.29, 0.717) is 5.70 Å². The number of hydrogen-bond acceptors (Lipinski definition) is 4. The van der Waals surface area contributed by atoms with Gasteiger partial charge in [0.15, 0.2) is 0 Å². The monoisotopic (exact) mass is 434 g/mol. The maximum atomic E-state index is 13.2. The third-order valence-corrected chi connectivity index (χ3v) is 9.03. The van der Waals surface area contributed by atoms with E-state index >= 15 is 0 Å². The van der Waals surface area contributed by atoms with Crippen LogP contribution in [0, 0.1) is 13.8 Å². The summed E-state index contributed by atoms with van der Waals surface area (Å²) in [4.78, 5) is 0.407. The topological polar surface area (TPSA) is 74.8 Å². The lowest BCUT2D eigenvalue weighted by Gasteiger charge is -2.41. The predicted octanol–water partition coefficient (Wildman–Crippen LogP) is 3.29. The molecule has 0 bridgehead atoms. The molecule has 0 N–H and O–H groups in total. The van der Waals surface area contributed by atoms with Crippen LogP contribution in [0.15, 0.2) is 70.1 Å². The van der Waals surface area contributed by atoms with Crippen molar-refractivity contribution in [2.45, 2.75) is 43.5 Å². The van der Waals surface area contributed by atoms with Gasteiger partial charge in [0, 0.05) is 18.8 Å². The molecule has 1 unspecified atom stereocenters. The SMILES string of the molecule is C/C=C1/C(C)N(S(=O)(=O)c2ccc(C)cc2)CCN1S(=O)(=O)c1ccc(C)cc1. The minimum atomic E-state index is -3.77. The molecular weight excluding hydrogens is 408 g/mol. The fraction of sp³-hybridized carbons (Fsp3) is 0.333. The van der Waals surface area contributed by atoms with E-state index in [4.69, 9.17) is 0 Å². The van der Waals surface area contributed by atoms with Crippen molar-refractivity contribution in [3.63, 3.8) is 0 Å². The Labute approximate surface area is 173 Å². The first-order valence-corrected chi connectivity index (χ1v) is 12.3. The van der Waals surface area contributed by atoms with E-state index in [1.165, 1.54) is 8.61 Å². The van der Waals surface area contributed by atoms with Crippen molar-refractivity contribution >= 4 is 20.0 Å². The number of piperazine rings is 1. The van der Waals surface area contributed by atoms with Gasteiger partial charge in [-0.15, -0.1) is 0 Å². The van der Waals surface area contributed by atoms with Crippen LogP contribution in [0.1, 0.15) is 25.0 Å². The zero-order valence-electron chi connectivity index (χ0n) is 17.0. The number of allylic oxidation sites excluding steroid dienone is 1. The lowest BCUT2D eigenvalue weighted by molar-refractivity contribution is 0.262. The van der Waals surface area contributed by atoms with Gasteiger partial charge in [-0.05, 0) is 52.0 Å². The van der Waals surface area contributed by atoms with Gasteiger partial charge in [0.05, 0.1) is 15.8 Å². The van der Waals surface area contributed by atoms with E-state index in [0.717, 1.165) is 11.1 Å². The van der Waals surface area contributed by atoms with Gasteiger partial charge < -0.3 is 0 Å². The average Bonchev–Trinajstić information content (AvgIpc) is 2.68. The Kier molecular flexibility index (Phi) is 5.89. The molecule has 0 radical (unpaired) electrons. The maximum Gasteiger partial charge on any atom is 0.264 e. The summed E-state index contributed by atoms with van der Waals surface area (Å²) in [6.45, 7) is 7.38. The molecular formula is C21H26N2O4S2. The molecule has 0 aromatic heterocycles. The molecule has 8 heteroatoms. The first kappa shape index (κ1) is 21.5. The Morgan fingerprint density at radius 3 is 1.69 bits per heavy atom. The van der Waals surface area contributed by atoms with Gasteiger partial charge in [-0.3, -0.25) is 4.31 Å². The molecule has 6 nitrogen and oxygen atoms in total. The Balaban J connectivity index is 1.95. The van der Waals surface area contributed by atoms with Crippen LogP contribution in [0.5, 0.6) is 0 Å². The van der Waals surface area contributed by atoms with Crippen LogP contribution >= 0.6 is 0 Å². The molecule has 2 aromatic rings. The second kappa shape index (κ2) is 7.93. The van der Waals surface area contributed by atoms with E-state index in [1.54, 1.807) is 68.5 Å². The quantitative estimate of drug-likeness (QED) is 0.740. The van der Waals surface area contributed by atoms with Crippen LogP contribution in [0.4, 0.5) is 0 Å². The average molecular weight is 435 g/mol. The maximum absolute atomic E-state index is 13.2. The minimum absolute atomic E-state index is 0.0608. The number of aryl methyl sites for hydroxylation is 2. The van der Waals surface area contributed by atoms with Gasteiger partial charge in [0.2, 0.25) is 10.0 Å². The molecule has 29 heavy (non-hydrogen) atoms. The minimum Gasteiger partial charge on any atom is -0.268 e. The first-order chi connectivity index (χ1) is 13.6. The summed E-state index contributed by atoms with van der Waals surface area (Å²) in [5, 5.41) is 0. The van der Waals surface area contributed by atoms with Gasteiger partial charge in [-0.25, -0.2) is 16.8 Å². The fourth-order valence-electron chi connectivity index (χ4n) is 3.52. The van der Waals surface area contributed by atoms with Gasteiger partial charge in [0.25, 0.3) is 10.0 Å². The molecule has 1 aliphatic heterocycles. The summed E-state index contributed by atoms with van der Waals surface area (Å²) in [7, 11) is -7.51. The molecule has 156 valence electrons. The summed E-state index contributed by atoms with van der Waals surface area (Å²) in [6, 6.07) is 12.7. The Morgan fingerprint density at radius 1 is 0.793 bits per heavy atom. The van der Waals surface area contributed by atoms with Crippen molar-refractivity contribution in [3.05, 3.63) is 71.4 Å². The first-order valence-electron chi connectivity index (χ1n) is 9.43. The molecule has 1 atom stereocenters. The van der Waals surface area contributed by atoms with Crippen molar-refractivity contribution in [1.82, 2.24) is 8.61 Å². The molecule has 0 amide bonds. The van der Waals surface area contributed by atoms with E-state index < -0.39 is 26.1 Å². The van der Waals surface area contributed by atoms with E-state index in [1.807, 2.05) is 13.8 Å². The van der Waals surface area contributed by atoms with Crippen molar-refractivity contribution in [1.29, 1.82) is 0 Å². The third kappa shape index (κ3) is 3.97. The molecule has 1 heterocycles. The molecule has 0 saturated carbocycles. The Hall–Kier alpha value is -2.16. The van der Waals surface area contributed by atoms with Crippen molar-refractivity contribution in [3.8, 4) is 0 Å². The van der Waals surface area contributed by atoms with Crippen molar-refractivity contribution in [2.75, 3.05) is 13.1 Å². The molecule has 2 aromatic carbocycles. The highest BCUT2D eigenvalue weighted by Gasteiger charge is 2.40.